The van der Waals surface area contributed by atoms with Gasteiger partial charge in [0.25, 0.3) is 11.5 Å². The number of nitrogens with zero attached hydrogens (tertiary/aromatic N) is 2. The van der Waals surface area contributed by atoms with E-state index in [9.17, 15) is 14.0 Å². The summed E-state index contributed by atoms with van der Waals surface area (Å²) in [6, 6.07) is 10.8. The van der Waals surface area contributed by atoms with Crippen LogP contribution in [-0.4, -0.2) is 33.9 Å². The molecule has 1 aromatic carbocycles. The van der Waals surface area contributed by atoms with Crippen molar-refractivity contribution >= 4 is 11.9 Å². The average molecular weight is 367 g/mol. The summed E-state index contributed by atoms with van der Waals surface area (Å²) in [5, 5.41) is 5.68. The smallest absolute Gasteiger partial charge is 0.252 e. The van der Waals surface area contributed by atoms with Crippen molar-refractivity contribution in [2.24, 2.45) is 0 Å². The van der Waals surface area contributed by atoms with Crippen molar-refractivity contribution in [1.29, 1.82) is 0 Å². The molecule has 3 aromatic rings. The minimum atomic E-state index is -0.340. The quantitative estimate of drug-likeness (QED) is 0.580. The first-order chi connectivity index (χ1) is 13.0. The van der Waals surface area contributed by atoms with Gasteiger partial charge in [-0.15, -0.1) is 0 Å². The maximum Gasteiger partial charge on any atom is 0.252 e. The standard InChI is InChI=1S/C19H18FN5O2/c1-12-9-17(26)25-19(24-12)22-8-7-21-18(27)14-5-6-16(23-11-14)13-3-2-4-15(20)10-13/h2-6,9-11H,7-8H2,1H3,(H,21,27)(H2,22,24,25,26). The lowest BCUT2D eigenvalue weighted by molar-refractivity contribution is 0.0955. The summed E-state index contributed by atoms with van der Waals surface area (Å²) in [7, 11) is 0. The Morgan fingerprint density at radius 2 is 2.04 bits per heavy atom. The van der Waals surface area contributed by atoms with Crippen molar-refractivity contribution in [3.05, 3.63) is 76.1 Å². The van der Waals surface area contributed by atoms with Crippen LogP contribution >= 0.6 is 0 Å². The number of halogens is 1. The van der Waals surface area contributed by atoms with Crippen molar-refractivity contribution in [2.45, 2.75) is 6.92 Å². The Morgan fingerprint density at radius 1 is 1.19 bits per heavy atom. The van der Waals surface area contributed by atoms with Crippen LogP contribution in [0.15, 0.2) is 53.5 Å². The van der Waals surface area contributed by atoms with Crippen LogP contribution in [0.25, 0.3) is 11.3 Å². The predicted octanol–water partition coefficient (Wildman–Crippen LogP) is 2.12. The largest absolute Gasteiger partial charge is 0.354 e. The van der Waals surface area contributed by atoms with E-state index >= 15 is 0 Å². The third kappa shape index (κ3) is 4.97. The molecule has 2 aromatic heterocycles. The zero-order chi connectivity index (χ0) is 19.2. The van der Waals surface area contributed by atoms with E-state index in [4.69, 9.17) is 0 Å². The summed E-state index contributed by atoms with van der Waals surface area (Å²) in [4.78, 5) is 34.4. The van der Waals surface area contributed by atoms with Crippen molar-refractivity contribution in [2.75, 3.05) is 18.4 Å². The number of aromatic nitrogens is 3. The van der Waals surface area contributed by atoms with E-state index in [1.807, 2.05) is 0 Å². The number of aromatic amines is 1. The highest BCUT2D eigenvalue weighted by Crippen LogP contribution is 2.17. The fourth-order valence-corrected chi connectivity index (χ4v) is 2.47. The van der Waals surface area contributed by atoms with E-state index in [0.29, 0.717) is 41.6 Å². The van der Waals surface area contributed by atoms with Gasteiger partial charge in [0.2, 0.25) is 5.95 Å². The lowest BCUT2D eigenvalue weighted by Gasteiger charge is -2.08. The topological polar surface area (TPSA) is 99.8 Å². The fraction of sp³-hybridized carbons (Fsp3) is 0.158. The van der Waals surface area contributed by atoms with Crippen LogP contribution in [0.5, 0.6) is 0 Å². The van der Waals surface area contributed by atoms with Crippen LogP contribution in [0, 0.1) is 12.7 Å². The number of anilines is 1. The number of rotatable bonds is 6. The first-order valence-corrected chi connectivity index (χ1v) is 8.33. The van der Waals surface area contributed by atoms with Gasteiger partial charge < -0.3 is 10.6 Å². The zero-order valence-corrected chi connectivity index (χ0v) is 14.6. The van der Waals surface area contributed by atoms with Gasteiger partial charge in [-0.1, -0.05) is 12.1 Å². The SMILES string of the molecule is Cc1cc(=O)[nH]c(NCCNC(=O)c2ccc(-c3cccc(F)c3)nc2)n1. The van der Waals surface area contributed by atoms with Crippen molar-refractivity contribution in [3.8, 4) is 11.3 Å². The highest BCUT2D eigenvalue weighted by molar-refractivity contribution is 5.94. The molecular formula is C19H18FN5O2. The number of nitrogens with one attached hydrogen (secondary N) is 3. The van der Waals surface area contributed by atoms with Gasteiger partial charge >= 0.3 is 0 Å². The summed E-state index contributed by atoms with van der Waals surface area (Å²) in [6.07, 6.45) is 1.45. The third-order valence-electron chi connectivity index (χ3n) is 3.72. The summed E-state index contributed by atoms with van der Waals surface area (Å²) in [5.74, 6) is -0.260. The molecule has 0 atom stereocenters. The Bertz CT molecular complexity index is 1000. The highest BCUT2D eigenvalue weighted by Gasteiger charge is 2.07. The molecule has 2 heterocycles. The van der Waals surface area contributed by atoms with Crippen molar-refractivity contribution in [3.63, 3.8) is 0 Å². The molecule has 7 nitrogen and oxygen atoms in total. The fourth-order valence-electron chi connectivity index (χ4n) is 2.47. The number of carbonyl (C=O) groups excluding carboxylic acids is 1. The third-order valence-corrected chi connectivity index (χ3v) is 3.72. The summed E-state index contributed by atoms with van der Waals surface area (Å²) in [6.45, 7) is 2.46. The van der Waals surface area contributed by atoms with Gasteiger partial charge in [-0.25, -0.2) is 9.37 Å². The molecule has 0 spiro atoms. The van der Waals surface area contributed by atoms with Gasteiger partial charge in [0.15, 0.2) is 0 Å². The molecule has 0 aliphatic rings. The van der Waals surface area contributed by atoms with Gasteiger partial charge in [-0.05, 0) is 31.2 Å². The van der Waals surface area contributed by atoms with Crippen LogP contribution in [0.3, 0.4) is 0 Å². The minimum Gasteiger partial charge on any atom is -0.354 e. The number of aryl methyl sites for hydroxylation is 1. The van der Waals surface area contributed by atoms with E-state index in [2.05, 4.69) is 25.6 Å². The van der Waals surface area contributed by atoms with E-state index in [1.165, 1.54) is 24.4 Å². The van der Waals surface area contributed by atoms with E-state index in [-0.39, 0.29) is 17.3 Å². The van der Waals surface area contributed by atoms with E-state index in [1.54, 1.807) is 31.2 Å². The minimum absolute atomic E-state index is 0.238. The van der Waals surface area contributed by atoms with Gasteiger partial charge in [0, 0.05) is 36.6 Å². The summed E-state index contributed by atoms with van der Waals surface area (Å²) in [5.41, 5.74) is 2.00. The Balaban J connectivity index is 1.53. The number of carbonyl (C=O) groups is 1. The normalized spacial score (nSPS) is 10.4. The lowest BCUT2D eigenvalue weighted by Crippen LogP contribution is -2.29. The molecule has 0 bridgehead atoms. The lowest BCUT2D eigenvalue weighted by atomic mass is 10.1. The Hall–Kier alpha value is -3.55. The van der Waals surface area contributed by atoms with Crippen molar-refractivity contribution in [1.82, 2.24) is 20.3 Å². The molecule has 27 heavy (non-hydrogen) atoms. The van der Waals surface area contributed by atoms with E-state index in [0.717, 1.165) is 0 Å². The maximum atomic E-state index is 13.3. The molecule has 1 amide bonds. The number of hydrogen-bond donors (Lipinski definition) is 3. The predicted molar refractivity (Wildman–Crippen MR) is 100 cm³/mol. The molecule has 0 saturated carbocycles. The van der Waals surface area contributed by atoms with Crippen LogP contribution in [0.4, 0.5) is 10.3 Å². The molecular weight excluding hydrogens is 349 g/mol. The second-order valence-corrected chi connectivity index (χ2v) is 5.86. The maximum absolute atomic E-state index is 13.3. The second-order valence-electron chi connectivity index (χ2n) is 5.86. The monoisotopic (exact) mass is 367 g/mol. The van der Waals surface area contributed by atoms with Gasteiger partial charge in [0.05, 0.1) is 11.3 Å². The Morgan fingerprint density at radius 3 is 2.74 bits per heavy atom. The van der Waals surface area contributed by atoms with E-state index < -0.39 is 0 Å². The number of H-pyrrole nitrogens is 1. The van der Waals surface area contributed by atoms with Crippen LogP contribution in [0.1, 0.15) is 16.1 Å². The van der Waals surface area contributed by atoms with Crippen LogP contribution in [0.2, 0.25) is 0 Å². The summed E-state index contributed by atoms with van der Waals surface area (Å²) >= 11 is 0. The molecule has 0 aliphatic heterocycles. The molecule has 0 saturated heterocycles. The molecule has 0 radical (unpaired) electrons. The average Bonchev–Trinajstić information content (AvgIpc) is 2.64. The highest BCUT2D eigenvalue weighted by atomic mass is 19.1. The molecule has 0 aliphatic carbocycles. The van der Waals surface area contributed by atoms with Crippen LogP contribution in [-0.2, 0) is 0 Å². The molecule has 0 fully saturated rings. The molecule has 138 valence electrons. The Kier molecular flexibility index (Phi) is 5.55. The van der Waals surface area contributed by atoms with Gasteiger partial charge in [0.1, 0.15) is 5.82 Å². The second kappa shape index (κ2) is 8.22. The first kappa shape index (κ1) is 18.2. The van der Waals surface area contributed by atoms with Crippen LogP contribution < -0.4 is 16.2 Å². The van der Waals surface area contributed by atoms with Crippen molar-refractivity contribution < 1.29 is 9.18 Å². The first-order valence-electron chi connectivity index (χ1n) is 8.33. The molecule has 3 N–H and O–H groups in total. The number of benzene rings is 1. The Labute approximate surface area is 154 Å². The summed E-state index contributed by atoms with van der Waals surface area (Å²) < 4.78 is 13.3. The molecule has 3 rings (SSSR count). The number of pyridine rings is 1. The zero-order valence-electron chi connectivity index (χ0n) is 14.6. The molecule has 8 heteroatoms. The number of amides is 1. The molecule has 0 unspecified atom stereocenters. The van der Waals surface area contributed by atoms with Gasteiger partial charge in [-0.2, -0.15) is 0 Å². The van der Waals surface area contributed by atoms with Gasteiger partial charge in [-0.3, -0.25) is 19.6 Å². The number of hydrogen-bond acceptors (Lipinski definition) is 5.